The van der Waals surface area contributed by atoms with Gasteiger partial charge in [0.2, 0.25) is 0 Å². The van der Waals surface area contributed by atoms with Crippen molar-refractivity contribution in [3.63, 3.8) is 0 Å². The van der Waals surface area contributed by atoms with E-state index >= 15 is 0 Å². The third-order valence-corrected chi connectivity index (χ3v) is 8.87. The molecule has 3 aromatic carbocycles. The van der Waals surface area contributed by atoms with Gasteiger partial charge >= 0.3 is 0 Å². The van der Waals surface area contributed by atoms with Crippen molar-refractivity contribution in [3.05, 3.63) is 124 Å². The number of rotatable bonds is 10. The summed E-state index contributed by atoms with van der Waals surface area (Å²) in [5.74, 6) is 1.23. The van der Waals surface area contributed by atoms with Gasteiger partial charge in [-0.2, -0.15) is 0 Å². The summed E-state index contributed by atoms with van der Waals surface area (Å²) < 4.78 is 0. The zero-order valence-corrected chi connectivity index (χ0v) is 40.8. The van der Waals surface area contributed by atoms with Gasteiger partial charge in [0.25, 0.3) is 0 Å². The number of aromatic nitrogens is 2. The Bertz CT molecular complexity index is 1770. The molecule has 0 fully saturated rings. The predicted octanol–water partition coefficient (Wildman–Crippen LogP) is 14.1. The van der Waals surface area contributed by atoms with Crippen LogP contribution in [0.3, 0.4) is 0 Å². The van der Waals surface area contributed by atoms with E-state index in [1.54, 1.807) is 12.4 Å². The Morgan fingerprint density at radius 3 is 1.09 bits per heavy atom. The SMILES string of the molecule is Br.Br.Br.Br.Cc1c(-c2cc(C(C)C)c(N=Cc3ccccn3)c(C(C)C)c2)cc(O)cc1-c1cc(C(C)C)c(N=Cc2ccccn2)c(C(C)C)c1.[Cu].[Cu]. The quantitative estimate of drug-likeness (QED) is 0.112. The summed E-state index contributed by atoms with van der Waals surface area (Å²) in [5, 5.41) is 11.2. The number of aromatic hydroxyl groups is 1. The number of hydrogen-bond donors (Lipinski definition) is 1. The van der Waals surface area contributed by atoms with E-state index in [0.717, 1.165) is 50.6 Å². The molecule has 5 aromatic rings. The Hall–Kier alpha value is -1.94. The molecule has 0 bridgehead atoms. The Balaban J connectivity index is 0. The minimum Gasteiger partial charge on any atom is -0.508 e. The van der Waals surface area contributed by atoms with Crippen LogP contribution in [0.1, 0.15) is 118 Å². The first kappa shape index (κ1) is 54.2. The molecule has 11 heteroatoms. The molecule has 0 aliphatic heterocycles. The van der Waals surface area contributed by atoms with Crippen LogP contribution in [0, 0.1) is 6.92 Å². The molecule has 0 aliphatic rings. The zero-order chi connectivity index (χ0) is 34.5. The zero-order valence-electron chi connectivity index (χ0n) is 32.0. The molecule has 0 saturated carbocycles. The predicted molar refractivity (Wildman–Crippen MR) is 244 cm³/mol. The minimum atomic E-state index is 0. The summed E-state index contributed by atoms with van der Waals surface area (Å²) in [6.45, 7) is 19.9. The first-order valence-corrected chi connectivity index (χ1v) is 17.0. The van der Waals surface area contributed by atoms with Crippen molar-refractivity contribution < 1.29 is 39.2 Å². The second kappa shape index (κ2) is 24.6. The van der Waals surface area contributed by atoms with Crippen LogP contribution in [0.15, 0.2) is 95.2 Å². The van der Waals surface area contributed by atoms with E-state index in [4.69, 9.17) is 9.98 Å². The van der Waals surface area contributed by atoms with Gasteiger partial charge in [0, 0.05) is 46.5 Å². The fourth-order valence-electron chi connectivity index (χ4n) is 6.19. The van der Waals surface area contributed by atoms with Gasteiger partial charge < -0.3 is 5.11 Å². The van der Waals surface area contributed by atoms with Crippen LogP contribution in [0.4, 0.5) is 11.4 Å². The number of phenols is 1. The molecule has 0 aliphatic carbocycles. The van der Waals surface area contributed by atoms with Gasteiger partial charge in [-0.1, -0.05) is 67.5 Å². The molecule has 5 rings (SSSR count). The van der Waals surface area contributed by atoms with Crippen molar-refractivity contribution in [3.8, 4) is 28.0 Å². The van der Waals surface area contributed by atoms with Gasteiger partial charge in [0.1, 0.15) is 5.75 Å². The molecular formula is C43H52Br4Cu2N4O. The largest absolute Gasteiger partial charge is 0.508 e. The van der Waals surface area contributed by atoms with Crippen molar-refractivity contribution in [1.82, 2.24) is 9.97 Å². The fraction of sp³-hybridized carbons (Fsp3) is 0.302. The number of halogens is 4. The van der Waals surface area contributed by atoms with E-state index in [-0.39, 0.29) is 131 Å². The molecule has 0 amide bonds. The maximum atomic E-state index is 11.2. The van der Waals surface area contributed by atoms with E-state index in [2.05, 4.69) is 96.5 Å². The Labute approximate surface area is 385 Å². The average Bonchev–Trinajstić information content (AvgIpc) is 3.07. The first-order valence-electron chi connectivity index (χ1n) is 17.0. The van der Waals surface area contributed by atoms with Crippen LogP contribution >= 0.6 is 67.9 Å². The molecule has 5 nitrogen and oxygen atoms in total. The summed E-state index contributed by atoms with van der Waals surface area (Å²) in [6, 6.07) is 24.5. The summed E-state index contributed by atoms with van der Waals surface area (Å²) in [5.41, 5.74) is 13.7. The first-order chi connectivity index (χ1) is 22.9. The van der Waals surface area contributed by atoms with Crippen molar-refractivity contribution in [1.29, 1.82) is 0 Å². The number of aliphatic imine (C=N–C) groups is 2. The normalized spacial score (nSPS) is 10.8. The van der Waals surface area contributed by atoms with Crippen LogP contribution in [-0.4, -0.2) is 27.5 Å². The van der Waals surface area contributed by atoms with Gasteiger partial charge in [0.15, 0.2) is 0 Å². The number of nitrogens with zero attached hydrogens (tertiary/aromatic N) is 4. The smallest absolute Gasteiger partial charge is 0.116 e. The molecular weight excluding hydrogens is 1040 g/mol. The Morgan fingerprint density at radius 1 is 0.519 bits per heavy atom. The third-order valence-electron chi connectivity index (χ3n) is 8.87. The molecule has 1 N–H and O–H groups in total. The maximum absolute atomic E-state index is 11.2. The summed E-state index contributed by atoms with van der Waals surface area (Å²) in [7, 11) is 0. The van der Waals surface area contributed by atoms with E-state index in [9.17, 15) is 5.11 Å². The molecule has 54 heavy (non-hydrogen) atoms. The number of phenolic OH excluding ortho intramolecular Hbond substituents is 1. The standard InChI is InChI=1S/C43H48N4O.4BrH.2Cu/c1-26(2)36-18-31(19-37(27(3)4)42(36)46-24-33-14-10-12-16-44-33)40-22-35(48)23-41(30(40)9)32-20-38(28(5)6)43(39(21-32)29(7)8)47-25-34-15-11-13-17-45-34;;;;;;/h10-29,48H,1-9H3;4*1H;;. The van der Waals surface area contributed by atoms with Gasteiger partial charge in [-0.05, 0) is 141 Å². The molecule has 2 radical (unpaired) electrons. The molecule has 2 aromatic heterocycles. The van der Waals surface area contributed by atoms with Crippen molar-refractivity contribution >= 4 is 91.7 Å². The third kappa shape index (κ3) is 13.1. The second-order valence-electron chi connectivity index (χ2n) is 13.8. The minimum absolute atomic E-state index is 0. The fourth-order valence-corrected chi connectivity index (χ4v) is 6.19. The Morgan fingerprint density at radius 2 is 0.833 bits per heavy atom. The van der Waals surface area contributed by atoms with Crippen LogP contribution in [0.2, 0.25) is 0 Å². The van der Waals surface area contributed by atoms with Gasteiger partial charge in [-0.3, -0.25) is 20.0 Å². The summed E-state index contributed by atoms with van der Waals surface area (Å²) >= 11 is 0. The van der Waals surface area contributed by atoms with Crippen molar-refractivity contribution in [2.24, 2.45) is 9.98 Å². The molecule has 0 spiro atoms. The van der Waals surface area contributed by atoms with E-state index in [1.165, 1.54) is 22.3 Å². The van der Waals surface area contributed by atoms with E-state index in [0.29, 0.717) is 0 Å². The summed E-state index contributed by atoms with van der Waals surface area (Å²) in [6.07, 6.45) is 7.29. The van der Waals surface area contributed by atoms with Crippen LogP contribution in [0.25, 0.3) is 22.3 Å². The summed E-state index contributed by atoms with van der Waals surface area (Å²) in [4.78, 5) is 18.9. The molecule has 0 unspecified atom stereocenters. The van der Waals surface area contributed by atoms with Crippen LogP contribution in [-0.2, 0) is 34.1 Å². The Kier molecular flexibility index (Phi) is 24.7. The van der Waals surface area contributed by atoms with Crippen molar-refractivity contribution in [2.75, 3.05) is 0 Å². The van der Waals surface area contributed by atoms with Crippen LogP contribution in [0.5, 0.6) is 5.75 Å². The molecule has 2 heterocycles. The molecule has 0 atom stereocenters. The topological polar surface area (TPSA) is 70.7 Å². The van der Waals surface area contributed by atoms with Crippen LogP contribution < -0.4 is 0 Å². The molecule has 300 valence electrons. The monoisotopic (exact) mass is 1080 g/mol. The number of benzene rings is 3. The van der Waals surface area contributed by atoms with Gasteiger partial charge in [-0.15, -0.1) is 67.9 Å². The number of pyridine rings is 2. The number of hydrogen-bond acceptors (Lipinski definition) is 5. The van der Waals surface area contributed by atoms with Gasteiger partial charge in [-0.25, -0.2) is 0 Å². The van der Waals surface area contributed by atoms with E-state index in [1.807, 2.05) is 61.0 Å². The van der Waals surface area contributed by atoms with Crippen molar-refractivity contribution in [2.45, 2.75) is 86.0 Å². The second-order valence-corrected chi connectivity index (χ2v) is 13.8. The van der Waals surface area contributed by atoms with E-state index < -0.39 is 0 Å². The van der Waals surface area contributed by atoms with Gasteiger partial charge in [0.05, 0.1) is 35.2 Å². The molecule has 0 saturated heterocycles. The maximum Gasteiger partial charge on any atom is 0.116 e. The average molecular weight is 1090 g/mol.